The molecule has 1 aromatic heterocycles. The number of nitriles is 1. The molecule has 1 amide bonds. The van der Waals surface area contributed by atoms with Crippen LogP contribution in [0.3, 0.4) is 0 Å². The second-order valence-corrected chi connectivity index (χ2v) is 6.64. The molecule has 0 spiro atoms. The molecule has 23 heavy (non-hydrogen) atoms. The van der Waals surface area contributed by atoms with Crippen molar-refractivity contribution >= 4 is 21.6 Å². The molecule has 2 rings (SSSR count). The van der Waals surface area contributed by atoms with E-state index in [1.54, 1.807) is 14.1 Å². The molecule has 0 aliphatic rings. The maximum atomic E-state index is 12.3. The van der Waals surface area contributed by atoms with Crippen LogP contribution in [-0.2, 0) is 21.4 Å². The molecule has 0 unspecified atom stereocenters. The zero-order valence-electron chi connectivity index (χ0n) is 12.6. The van der Waals surface area contributed by atoms with E-state index >= 15 is 0 Å². The summed E-state index contributed by atoms with van der Waals surface area (Å²) in [5, 5.41) is 12.8. The summed E-state index contributed by atoms with van der Waals surface area (Å²) in [6, 6.07) is 7.57. The topological polar surface area (TPSA) is 108 Å². The molecular weight excluding hydrogens is 318 g/mol. The van der Waals surface area contributed by atoms with Gasteiger partial charge in [-0.15, -0.1) is 0 Å². The number of nitrogens with zero attached hydrogens (tertiary/aromatic N) is 4. The van der Waals surface area contributed by atoms with Crippen LogP contribution in [0.25, 0.3) is 0 Å². The summed E-state index contributed by atoms with van der Waals surface area (Å²) in [5.74, 6) is -0.163. The number of benzene rings is 1. The van der Waals surface area contributed by atoms with Crippen molar-refractivity contribution in [2.24, 2.45) is 0 Å². The van der Waals surface area contributed by atoms with Gasteiger partial charge < -0.3 is 4.90 Å². The first-order valence-electron chi connectivity index (χ1n) is 6.57. The molecule has 9 heteroatoms. The van der Waals surface area contributed by atoms with E-state index in [0.717, 1.165) is 0 Å². The van der Waals surface area contributed by atoms with E-state index in [4.69, 9.17) is 5.26 Å². The van der Waals surface area contributed by atoms with Crippen LogP contribution in [0.5, 0.6) is 0 Å². The van der Waals surface area contributed by atoms with Crippen molar-refractivity contribution in [3.8, 4) is 6.07 Å². The van der Waals surface area contributed by atoms with Gasteiger partial charge in [-0.2, -0.15) is 10.4 Å². The fourth-order valence-electron chi connectivity index (χ4n) is 1.73. The number of carbonyl (C=O) groups is 1. The lowest BCUT2D eigenvalue weighted by atomic mass is 10.2. The maximum Gasteiger partial charge on any atom is 0.262 e. The molecule has 1 heterocycles. The molecule has 8 nitrogen and oxygen atoms in total. The Labute approximate surface area is 134 Å². The normalized spacial score (nSPS) is 10.8. The van der Waals surface area contributed by atoms with E-state index in [-0.39, 0.29) is 28.6 Å². The van der Waals surface area contributed by atoms with Gasteiger partial charge >= 0.3 is 0 Å². The van der Waals surface area contributed by atoms with Gasteiger partial charge in [0.1, 0.15) is 6.54 Å². The summed E-state index contributed by atoms with van der Waals surface area (Å²) in [5.41, 5.74) is 0.485. The zero-order chi connectivity index (χ0) is 17.0. The molecule has 0 atom stereocenters. The molecule has 0 aliphatic carbocycles. The van der Waals surface area contributed by atoms with Gasteiger partial charge in [-0.3, -0.25) is 14.2 Å². The minimum atomic E-state index is -3.83. The highest BCUT2D eigenvalue weighted by Crippen LogP contribution is 2.16. The quantitative estimate of drug-likeness (QED) is 0.864. The molecule has 0 saturated carbocycles. The third kappa shape index (κ3) is 4.08. The molecule has 0 saturated heterocycles. The lowest BCUT2D eigenvalue weighted by molar-refractivity contribution is -0.129. The predicted octanol–water partition coefficient (Wildman–Crippen LogP) is 0.644. The molecule has 120 valence electrons. The van der Waals surface area contributed by atoms with E-state index in [0.29, 0.717) is 0 Å². The number of hydrogen-bond acceptors (Lipinski definition) is 5. The van der Waals surface area contributed by atoms with Crippen molar-refractivity contribution in [3.05, 3.63) is 42.2 Å². The van der Waals surface area contributed by atoms with Crippen LogP contribution in [0.15, 0.2) is 41.6 Å². The van der Waals surface area contributed by atoms with Crippen LogP contribution in [0.1, 0.15) is 5.56 Å². The summed E-state index contributed by atoms with van der Waals surface area (Å²) in [6.45, 7) is 0.0125. The van der Waals surface area contributed by atoms with Gasteiger partial charge in [-0.1, -0.05) is 6.07 Å². The number of amides is 1. The molecule has 1 aromatic carbocycles. The van der Waals surface area contributed by atoms with Crippen molar-refractivity contribution in [2.75, 3.05) is 18.8 Å². The first kappa shape index (κ1) is 16.5. The number of likely N-dealkylation sites (N-methyl/N-ethyl adjacent to an activating group) is 1. The first-order chi connectivity index (χ1) is 10.8. The van der Waals surface area contributed by atoms with E-state index in [1.807, 2.05) is 6.07 Å². The molecule has 2 aromatic rings. The van der Waals surface area contributed by atoms with Crippen LogP contribution in [0.4, 0.5) is 5.69 Å². The Balaban J connectivity index is 2.17. The summed E-state index contributed by atoms with van der Waals surface area (Å²) < 4.78 is 28.3. The SMILES string of the molecule is CN(C)C(=O)Cn1cc(NS(=O)(=O)c2cccc(C#N)c2)cn1. The highest BCUT2D eigenvalue weighted by Gasteiger charge is 2.16. The highest BCUT2D eigenvalue weighted by atomic mass is 32.2. The van der Waals surface area contributed by atoms with Crippen molar-refractivity contribution < 1.29 is 13.2 Å². The van der Waals surface area contributed by atoms with Gasteiger partial charge in [0, 0.05) is 20.3 Å². The summed E-state index contributed by atoms with van der Waals surface area (Å²) in [7, 11) is -0.582. The number of rotatable bonds is 5. The van der Waals surface area contributed by atoms with Crippen LogP contribution < -0.4 is 4.72 Å². The minimum Gasteiger partial charge on any atom is -0.347 e. The minimum absolute atomic E-state index is 0.0125. The molecule has 0 bridgehead atoms. The Morgan fingerprint density at radius 3 is 2.83 bits per heavy atom. The van der Waals surface area contributed by atoms with Gasteiger partial charge in [0.05, 0.1) is 28.4 Å². The Morgan fingerprint density at radius 1 is 1.43 bits per heavy atom. The van der Waals surface area contributed by atoms with Crippen LogP contribution in [0, 0.1) is 11.3 Å². The largest absolute Gasteiger partial charge is 0.347 e. The first-order valence-corrected chi connectivity index (χ1v) is 8.06. The molecule has 1 N–H and O–H groups in total. The van der Waals surface area contributed by atoms with Crippen molar-refractivity contribution in [2.45, 2.75) is 11.4 Å². The molecular formula is C14H15N5O3S. The fourth-order valence-corrected chi connectivity index (χ4v) is 2.80. The number of sulfonamides is 1. The third-order valence-electron chi connectivity index (χ3n) is 2.95. The lowest BCUT2D eigenvalue weighted by Gasteiger charge is -2.09. The van der Waals surface area contributed by atoms with Crippen molar-refractivity contribution in [1.82, 2.24) is 14.7 Å². The Kier molecular flexibility index (Phi) is 4.66. The standard InChI is InChI=1S/C14H15N5O3S/c1-18(2)14(20)10-19-9-12(8-16-19)17-23(21,22)13-5-3-4-11(6-13)7-15/h3-6,8-9,17H,10H2,1-2H3. The molecule has 0 fully saturated rings. The Bertz CT molecular complexity index is 865. The van der Waals surface area contributed by atoms with E-state index in [1.165, 1.54) is 46.2 Å². The van der Waals surface area contributed by atoms with Crippen LogP contribution in [-0.4, -0.2) is 43.1 Å². The van der Waals surface area contributed by atoms with E-state index in [9.17, 15) is 13.2 Å². The third-order valence-corrected chi connectivity index (χ3v) is 4.33. The number of hydrogen-bond donors (Lipinski definition) is 1. The summed E-state index contributed by atoms with van der Waals surface area (Å²) >= 11 is 0. The fraction of sp³-hybridized carbons (Fsp3) is 0.214. The van der Waals surface area contributed by atoms with Gasteiger partial charge in [0.2, 0.25) is 5.91 Å². The Hall–Kier alpha value is -2.86. The van der Waals surface area contributed by atoms with Crippen LogP contribution >= 0.6 is 0 Å². The second kappa shape index (κ2) is 6.50. The molecule has 0 radical (unpaired) electrons. The van der Waals surface area contributed by atoms with Gasteiger partial charge in [0.15, 0.2) is 0 Å². The molecule has 0 aliphatic heterocycles. The predicted molar refractivity (Wildman–Crippen MR) is 82.9 cm³/mol. The highest BCUT2D eigenvalue weighted by molar-refractivity contribution is 7.92. The van der Waals surface area contributed by atoms with E-state index in [2.05, 4.69) is 9.82 Å². The summed E-state index contributed by atoms with van der Waals surface area (Å²) in [4.78, 5) is 13.0. The van der Waals surface area contributed by atoms with Gasteiger partial charge in [-0.25, -0.2) is 8.42 Å². The van der Waals surface area contributed by atoms with Crippen LogP contribution in [0.2, 0.25) is 0 Å². The van der Waals surface area contributed by atoms with E-state index < -0.39 is 10.0 Å². The Morgan fingerprint density at radius 2 is 2.17 bits per heavy atom. The lowest BCUT2D eigenvalue weighted by Crippen LogP contribution is -2.26. The van der Waals surface area contributed by atoms with Crippen molar-refractivity contribution in [3.63, 3.8) is 0 Å². The smallest absolute Gasteiger partial charge is 0.262 e. The average molecular weight is 333 g/mol. The second-order valence-electron chi connectivity index (χ2n) is 4.96. The number of carbonyl (C=O) groups excluding carboxylic acids is 1. The monoisotopic (exact) mass is 333 g/mol. The zero-order valence-corrected chi connectivity index (χ0v) is 13.4. The summed E-state index contributed by atoms with van der Waals surface area (Å²) in [6.07, 6.45) is 2.74. The number of anilines is 1. The number of nitrogens with one attached hydrogen (secondary N) is 1. The van der Waals surface area contributed by atoms with Gasteiger partial charge in [-0.05, 0) is 18.2 Å². The van der Waals surface area contributed by atoms with Gasteiger partial charge in [0.25, 0.3) is 10.0 Å². The van der Waals surface area contributed by atoms with Crippen molar-refractivity contribution in [1.29, 1.82) is 5.26 Å². The maximum absolute atomic E-state index is 12.3. The number of aromatic nitrogens is 2. The average Bonchev–Trinajstić information content (AvgIpc) is 2.93.